The zero-order valence-electron chi connectivity index (χ0n) is 23.7. The molecule has 0 aromatic heterocycles. The molecular formula is C29H37N5O6. The minimum Gasteiger partial charge on any atom is -0.444 e. The minimum absolute atomic E-state index is 0.0825. The van der Waals surface area contributed by atoms with Crippen LogP contribution in [0.25, 0.3) is 0 Å². The lowest BCUT2D eigenvalue weighted by Crippen LogP contribution is -2.45. The molecule has 214 valence electrons. The zero-order chi connectivity index (χ0) is 29.3. The van der Waals surface area contributed by atoms with Gasteiger partial charge in [-0.05, 0) is 73.8 Å². The van der Waals surface area contributed by atoms with Gasteiger partial charge in [-0.3, -0.25) is 10.1 Å². The smallest absolute Gasteiger partial charge is 0.417 e. The van der Waals surface area contributed by atoms with Crippen LogP contribution in [-0.4, -0.2) is 47.5 Å². The summed E-state index contributed by atoms with van der Waals surface area (Å²) in [5.41, 5.74) is 1.14. The first kappa shape index (κ1) is 30.3. The Hall–Kier alpha value is -4.28. The van der Waals surface area contributed by atoms with Gasteiger partial charge in [-0.1, -0.05) is 39.3 Å². The van der Waals surface area contributed by atoms with E-state index in [-0.39, 0.29) is 17.3 Å². The van der Waals surface area contributed by atoms with Gasteiger partial charge in [0, 0.05) is 25.2 Å². The van der Waals surface area contributed by atoms with Gasteiger partial charge in [-0.2, -0.15) is 5.10 Å². The Balaban J connectivity index is 1.57. The van der Waals surface area contributed by atoms with E-state index in [9.17, 15) is 19.3 Å². The summed E-state index contributed by atoms with van der Waals surface area (Å²) in [5, 5.41) is 14.3. The molecule has 1 aliphatic rings. The first-order valence-corrected chi connectivity index (χ1v) is 13.3. The molecule has 40 heavy (non-hydrogen) atoms. The second-order valence-corrected chi connectivity index (χ2v) is 10.9. The summed E-state index contributed by atoms with van der Waals surface area (Å²) < 4.78 is 10.7. The van der Waals surface area contributed by atoms with Gasteiger partial charge in [-0.25, -0.2) is 14.6 Å². The van der Waals surface area contributed by atoms with E-state index in [2.05, 4.69) is 20.9 Å². The fourth-order valence-corrected chi connectivity index (χ4v) is 4.31. The Morgan fingerprint density at radius 1 is 1.07 bits per heavy atom. The summed E-state index contributed by atoms with van der Waals surface area (Å²) in [7, 11) is 0. The topological polar surface area (TPSA) is 139 Å². The SMILES string of the molecule is CCCC(C)(C)OC(=O)NCCCN1N=C(c2ccc(NC(=O)Oc3ccc(N=O)cc3)cc2)CC(C)(C)C1=O. The number of nitrogens with one attached hydrogen (secondary N) is 2. The average Bonchev–Trinajstić information content (AvgIpc) is 2.89. The summed E-state index contributed by atoms with van der Waals surface area (Å²) >= 11 is 0. The number of alkyl carbamates (subject to hydrolysis) is 1. The van der Waals surface area contributed by atoms with E-state index in [4.69, 9.17) is 9.47 Å². The molecule has 11 heteroatoms. The number of hydrazone groups is 1. The molecular weight excluding hydrogens is 514 g/mol. The third-order valence-corrected chi connectivity index (χ3v) is 6.32. The molecule has 0 atom stereocenters. The van der Waals surface area contributed by atoms with Crippen LogP contribution >= 0.6 is 0 Å². The van der Waals surface area contributed by atoms with Crippen LogP contribution in [-0.2, 0) is 9.53 Å². The first-order chi connectivity index (χ1) is 18.9. The number of benzene rings is 2. The van der Waals surface area contributed by atoms with E-state index in [1.165, 1.54) is 29.3 Å². The van der Waals surface area contributed by atoms with Crippen molar-refractivity contribution in [2.75, 3.05) is 18.4 Å². The van der Waals surface area contributed by atoms with Gasteiger partial charge in [0.2, 0.25) is 5.91 Å². The molecule has 0 unspecified atom stereocenters. The number of ether oxygens (including phenoxy) is 2. The molecule has 0 saturated heterocycles. The normalized spacial score (nSPS) is 14.7. The van der Waals surface area contributed by atoms with Crippen molar-refractivity contribution in [1.82, 2.24) is 10.3 Å². The number of anilines is 1. The lowest BCUT2D eigenvalue weighted by Gasteiger charge is -2.34. The highest BCUT2D eigenvalue weighted by Gasteiger charge is 2.37. The molecule has 0 bridgehead atoms. The Morgan fingerprint density at radius 3 is 2.38 bits per heavy atom. The van der Waals surface area contributed by atoms with E-state index in [0.717, 1.165) is 24.1 Å². The van der Waals surface area contributed by atoms with E-state index in [1.807, 2.05) is 46.8 Å². The molecule has 3 amide bonds. The van der Waals surface area contributed by atoms with E-state index in [0.29, 0.717) is 31.6 Å². The second kappa shape index (κ2) is 13.2. The van der Waals surface area contributed by atoms with Gasteiger partial charge in [-0.15, -0.1) is 4.91 Å². The quantitative estimate of drug-likeness (QED) is 0.246. The molecule has 0 saturated carbocycles. The average molecular weight is 552 g/mol. The van der Waals surface area contributed by atoms with Gasteiger partial charge >= 0.3 is 12.2 Å². The van der Waals surface area contributed by atoms with Crippen LogP contribution in [0.1, 0.15) is 65.9 Å². The molecule has 0 spiro atoms. The largest absolute Gasteiger partial charge is 0.444 e. The number of hydrogen-bond donors (Lipinski definition) is 2. The van der Waals surface area contributed by atoms with Crippen LogP contribution < -0.4 is 15.4 Å². The summed E-state index contributed by atoms with van der Waals surface area (Å²) in [4.78, 5) is 47.9. The zero-order valence-corrected chi connectivity index (χ0v) is 23.7. The molecule has 2 aromatic carbocycles. The van der Waals surface area contributed by atoms with Crippen LogP contribution in [0.15, 0.2) is 58.8 Å². The molecule has 0 fully saturated rings. The molecule has 2 aromatic rings. The highest BCUT2D eigenvalue weighted by atomic mass is 16.6. The van der Waals surface area contributed by atoms with Gasteiger partial charge in [0.05, 0.1) is 11.1 Å². The Labute approximate surface area is 234 Å². The third-order valence-electron chi connectivity index (χ3n) is 6.32. The number of hydrogen-bond acceptors (Lipinski definition) is 8. The van der Waals surface area contributed by atoms with Crippen LogP contribution in [0.2, 0.25) is 0 Å². The Bertz CT molecular complexity index is 1240. The molecule has 0 radical (unpaired) electrons. The number of nitroso groups, excluding NO2 is 1. The molecule has 1 heterocycles. The molecule has 1 aliphatic heterocycles. The lowest BCUT2D eigenvalue weighted by molar-refractivity contribution is -0.141. The van der Waals surface area contributed by atoms with Gasteiger partial charge in [0.25, 0.3) is 0 Å². The molecule has 11 nitrogen and oxygen atoms in total. The Morgan fingerprint density at radius 2 is 1.75 bits per heavy atom. The van der Waals surface area contributed by atoms with Gasteiger partial charge in [0.1, 0.15) is 17.0 Å². The van der Waals surface area contributed by atoms with Crippen LogP contribution in [0.5, 0.6) is 5.75 Å². The van der Waals surface area contributed by atoms with Gasteiger partial charge in [0.15, 0.2) is 0 Å². The fourth-order valence-electron chi connectivity index (χ4n) is 4.31. The number of rotatable bonds is 11. The van der Waals surface area contributed by atoms with Crippen LogP contribution in [0, 0.1) is 10.3 Å². The standard InChI is InChI=1S/C29H37N5O6/c1-6-16-29(4,5)40-26(36)30-17-7-18-34-25(35)28(2,3)19-24(32-34)20-8-10-21(11-9-20)31-27(37)39-23-14-12-22(33-38)13-15-23/h8-15H,6-7,16-19H2,1-5H3,(H,30,36)(H,31,37). The summed E-state index contributed by atoms with van der Waals surface area (Å²) in [6, 6.07) is 12.9. The highest BCUT2D eigenvalue weighted by molar-refractivity contribution is 6.06. The van der Waals surface area contributed by atoms with Crippen LogP contribution in [0.4, 0.5) is 21.0 Å². The van der Waals surface area contributed by atoms with E-state index < -0.39 is 23.2 Å². The molecule has 2 N–H and O–H groups in total. The minimum atomic E-state index is -0.682. The van der Waals surface area contributed by atoms with Crippen molar-refractivity contribution in [2.45, 2.75) is 65.9 Å². The van der Waals surface area contributed by atoms with Crippen molar-refractivity contribution in [3.63, 3.8) is 0 Å². The van der Waals surface area contributed by atoms with Crippen molar-refractivity contribution in [2.24, 2.45) is 15.7 Å². The summed E-state index contributed by atoms with van der Waals surface area (Å²) in [6.45, 7) is 10.3. The van der Waals surface area contributed by atoms with Crippen molar-refractivity contribution in [1.29, 1.82) is 0 Å². The monoisotopic (exact) mass is 551 g/mol. The van der Waals surface area contributed by atoms with Crippen molar-refractivity contribution in [3.8, 4) is 5.75 Å². The van der Waals surface area contributed by atoms with Gasteiger partial charge < -0.3 is 14.8 Å². The maximum atomic E-state index is 13.0. The number of amides is 3. The number of nitrogens with zero attached hydrogens (tertiary/aromatic N) is 3. The van der Waals surface area contributed by atoms with Crippen molar-refractivity contribution >= 4 is 35.2 Å². The predicted octanol–water partition coefficient (Wildman–Crippen LogP) is 6.35. The Kier molecular flexibility index (Phi) is 9.98. The maximum absolute atomic E-state index is 13.0. The first-order valence-electron chi connectivity index (χ1n) is 13.3. The fraction of sp³-hybridized carbons (Fsp3) is 0.448. The van der Waals surface area contributed by atoms with E-state index >= 15 is 0 Å². The summed E-state index contributed by atoms with van der Waals surface area (Å²) in [6.07, 6.45) is 1.50. The highest BCUT2D eigenvalue weighted by Crippen LogP contribution is 2.31. The van der Waals surface area contributed by atoms with Crippen molar-refractivity contribution in [3.05, 3.63) is 59.0 Å². The summed E-state index contributed by atoms with van der Waals surface area (Å²) in [5.74, 6) is 0.193. The van der Waals surface area contributed by atoms with E-state index in [1.54, 1.807) is 12.1 Å². The maximum Gasteiger partial charge on any atom is 0.417 e. The third kappa shape index (κ3) is 8.62. The lowest BCUT2D eigenvalue weighted by atomic mass is 9.82. The predicted molar refractivity (Wildman–Crippen MR) is 153 cm³/mol. The van der Waals surface area contributed by atoms with Crippen LogP contribution in [0.3, 0.4) is 0 Å². The number of carbonyl (C=O) groups is 3. The van der Waals surface area contributed by atoms with Crippen molar-refractivity contribution < 1.29 is 23.9 Å². The number of carbonyl (C=O) groups excluding carboxylic acids is 3. The molecule has 3 rings (SSSR count). The molecule has 0 aliphatic carbocycles. The second-order valence-electron chi connectivity index (χ2n) is 10.9.